The number of nitriles is 1. The average molecular weight is 344 g/mol. The molecular weight excluding hydrogens is 328 g/mol. The number of hydrogen-bond acceptors (Lipinski definition) is 5. The van der Waals surface area contributed by atoms with E-state index in [4.69, 9.17) is 5.26 Å². The number of benzene rings is 1. The summed E-state index contributed by atoms with van der Waals surface area (Å²) in [5.74, 6) is -0.0973. The van der Waals surface area contributed by atoms with Crippen molar-refractivity contribution in [2.45, 2.75) is 19.4 Å². The molecule has 24 heavy (non-hydrogen) atoms. The van der Waals surface area contributed by atoms with E-state index in [1.54, 1.807) is 35.9 Å². The molecule has 8 heteroatoms. The maximum absolute atomic E-state index is 12.4. The molecule has 1 aliphatic rings. The molecule has 1 aliphatic heterocycles. The summed E-state index contributed by atoms with van der Waals surface area (Å²) in [7, 11) is -3.01. The van der Waals surface area contributed by atoms with Crippen molar-refractivity contribution in [3.8, 4) is 6.07 Å². The third-order valence-electron chi connectivity index (χ3n) is 4.12. The van der Waals surface area contributed by atoms with Crippen molar-refractivity contribution >= 4 is 21.4 Å². The Morgan fingerprint density at radius 1 is 1.38 bits per heavy atom. The van der Waals surface area contributed by atoms with Crippen LogP contribution in [0, 0.1) is 18.3 Å². The summed E-state index contributed by atoms with van der Waals surface area (Å²) in [6.07, 6.45) is 1.97. The Morgan fingerprint density at radius 2 is 2.08 bits per heavy atom. The van der Waals surface area contributed by atoms with Crippen LogP contribution in [0.3, 0.4) is 0 Å². The predicted octanol–water partition coefficient (Wildman–Crippen LogP) is 1.68. The van der Waals surface area contributed by atoms with Gasteiger partial charge in [-0.1, -0.05) is 0 Å². The molecule has 1 aromatic heterocycles. The molecule has 0 aliphatic carbocycles. The standard InChI is InChI=1S/C16H16N4O3S/c1-11-15(9-18-20(11)14-6-7-24(22,23)10-14)16(21)19-13-4-2-12(8-17)3-5-13/h2-5,9,14H,6-7,10H2,1H3,(H,19,21). The third-order valence-corrected chi connectivity index (χ3v) is 5.87. The molecule has 2 heterocycles. The first-order chi connectivity index (χ1) is 11.4. The maximum Gasteiger partial charge on any atom is 0.259 e. The van der Waals surface area contributed by atoms with Crippen molar-refractivity contribution in [3.05, 3.63) is 47.3 Å². The number of amides is 1. The third kappa shape index (κ3) is 3.16. The Labute approximate surface area is 139 Å². The van der Waals surface area contributed by atoms with Gasteiger partial charge in [-0.25, -0.2) is 8.42 Å². The Kier molecular flexibility index (Phi) is 4.11. The summed E-state index contributed by atoms with van der Waals surface area (Å²) in [4.78, 5) is 12.4. The van der Waals surface area contributed by atoms with Gasteiger partial charge in [0, 0.05) is 11.4 Å². The zero-order valence-electron chi connectivity index (χ0n) is 13.1. The minimum Gasteiger partial charge on any atom is -0.322 e. The zero-order chi connectivity index (χ0) is 17.3. The van der Waals surface area contributed by atoms with Gasteiger partial charge in [0.25, 0.3) is 5.91 Å². The molecular formula is C16H16N4O3S. The molecule has 1 fully saturated rings. The van der Waals surface area contributed by atoms with E-state index in [0.29, 0.717) is 28.9 Å². The number of sulfone groups is 1. The smallest absolute Gasteiger partial charge is 0.259 e. The Hall–Kier alpha value is -2.66. The van der Waals surface area contributed by atoms with Crippen LogP contribution in [0.15, 0.2) is 30.5 Å². The first kappa shape index (κ1) is 16.2. The number of carbonyl (C=O) groups is 1. The van der Waals surface area contributed by atoms with E-state index >= 15 is 0 Å². The van der Waals surface area contributed by atoms with Gasteiger partial charge in [-0.3, -0.25) is 9.48 Å². The van der Waals surface area contributed by atoms with Crippen LogP contribution in [0.2, 0.25) is 0 Å². The van der Waals surface area contributed by atoms with Gasteiger partial charge in [0.2, 0.25) is 0 Å². The average Bonchev–Trinajstić information content (AvgIpc) is 3.10. The van der Waals surface area contributed by atoms with Crippen LogP contribution in [0.4, 0.5) is 5.69 Å². The van der Waals surface area contributed by atoms with Gasteiger partial charge in [-0.2, -0.15) is 10.4 Å². The van der Waals surface area contributed by atoms with Crippen LogP contribution in [-0.2, 0) is 9.84 Å². The lowest BCUT2D eigenvalue weighted by Gasteiger charge is -2.11. The highest BCUT2D eigenvalue weighted by atomic mass is 32.2. The number of nitrogens with one attached hydrogen (secondary N) is 1. The quantitative estimate of drug-likeness (QED) is 0.912. The molecule has 0 saturated carbocycles. The lowest BCUT2D eigenvalue weighted by Crippen LogP contribution is -2.16. The van der Waals surface area contributed by atoms with Crippen molar-refractivity contribution in [2.24, 2.45) is 0 Å². The van der Waals surface area contributed by atoms with Gasteiger partial charge in [0.1, 0.15) is 0 Å². The molecule has 0 radical (unpaired) electrons. The van der Waals surface area contributed by atoms with Gasteiger partial charge in [0.05, 0.1) is 40.9 Å². The summed E-state index contributed by atoms with van der Waals surface area (Å²) in [5.41, 5.74) is 2.14. The number of nitrogens with zero attached hydrogens (tertiary/aromatic N) is 3. The Morgan fingerprint density at radius 3 is 2.67 bits per heavy atom. The van der Waals surface area contributed by atoms with E-state index in [1.165, 1.54) is 6.20 Å². The molecule has 2 aromatic rings. The largest absolute Gasteiger partial charge is 0.322 e. The number of carbonyl (C=O) groups excluding carboxylic acids is 1. The minimum absolute atomic E-state index is 0.0617. The highest BCUT2D eigenvalue weighted by Crippen LogP contribution is 2.25. The minimum atomic E-state index is -3.01. The van der Waals surface area contributed by atoms with Crippen LogP contribution < -0.4 is 5.32 Å². The highest BCUT2D eigenvalue weighted by Gasteiger charge is 2.31. The normalized spacial score (nSPS) is 18.9. The van der Waals surface area contributed by atoms with Crippen molar-refractivity contribution in [3.63, 3.8) is 0 Å². The summed E-state index contributed by atoms with van der Waals surface area (Å²) in [5, 5.41) is 15.7. The Balaban J connectivity index is 1.77. The van der Waals surface area contributed by atoms with Crippen molar-refractivity contribution in [1.82, 2.24) is 9.78 Å². The number of hydrogen-bond donors (Lipinski definition) is 1. The fraction of sp³-hybridized carbons (Fsp3) is 0.312. The van der Waals surface area contributed by atoms with Gasteiger partial charge in [-0.15, -0.1) is 0 Å². The maximum atomic E-state index is 12.4. The van der Waals surface area contributed by atoms with Crippen molar-refractivity contribution in [1.29, 1.82) is 5.26 Å². The van der Waals surface area contributed by atoms with E-state index in [0.717, 1.165) is 0 Å². The summed E-state index contributed by atoms with van der Waals surface area (Å²) < 4.78 is 24.9. The topological polar surface area (TPSA) is 105 Å². The first-order valence-electron chi connectivity index (χ1n) is 7.45. The molecule has 1 saturated heterocycles. The second-order valence-corrected chi connectivity index (χ2v) is 8.02. The summed E-state index contributed by atoms with van der Waals surface area (Å²) in [6.45, 7) is 1.76. The molecule has 1 N–H and O–H groups in total. The molecule has 124 valence electrons. The highest BCUT2D eigenvalue weighted by molar-refractivity contribution is 7.91. The second-order valence-electron chi connectivity index (χ2n) is 5.79. The van der Waals surface area contributed by atoms with Gasteiger partial charge in [-0.05, 0) is 37.6 Å². The number of rotatable bonds is 3. The van der Waals surface area contributed by atoms with Gasteiger partial charge >= 0.3 is 0 Å². The van der Waals surface area contributed by atoms with E-state index in [1.807, 2.05) is 6.07 Å². The SMILES string of the molecule is Cc1c(C(=O)Nc2ccc(C#N)cc2)cnn1C1CCS(=O)(=O)C1. The molecule has 1 amide bonds. The first-order valence-corrected chi connectivity index (χ1v) is 9.28. The lowest BCUT2D eigenvalue weighted by molar-refractivity contribution is 0.102. The number of aromatic nitrogens is 2. The summed E-state index contributed by atoms with van der Waals surface area (Å²) in [6, 6.07) is 8.34. The van der Waals surface area contributed by atoms with E-state index in [2.05, 4.69) is 10.4 Å². The van der Waals surface area contributed by atoms with Crippen LogP contribution in [-0.4, -0.2) is 35.6 Å². The molecule has 0 spiro atoms. The monoisotopic (exact) mass is 344 g/mol. The van der Waals surface area contributed by atoms with Gasteiger partial charge < -0.3 is 5.32 Å². The lowest BCUT2D eigenvalue weighted by atomic mass is 10.2. The van der Waals surface area contributed by atoms with Crippen LogP contribution >= 0.6 is 0 Å². The van der Waals surface area contributed by atoms with Crippen molar-refractivity contribution < 1.29 is 13.2 Å². The predicted molar refractivity (Wildman–Crippen MR) is 88.4 cm³/mol. The molecule has 3 rings (SSSR count). The fourth-order valence-electron chi connectivity index (χ4n) is 2.81. The van der Waals surface area contributed by atoms with E-state index in [9.17, 15) is 13.2 Å². The molecule has 7 nitrogen and oxygen atoms in total. The fourth-order valence-corrected chi connectivity index (χ4v) is 4.50. The van der Waals surface area contributed by atoms with E-state index in [-0.39, 0.29) is 23.5 Å². The zero-order valence-corrected chi connectivity index (χ0v) is 13.9. The number of anilines is 1. The van der Waals surface area contributed by atoms with Crippen LogP contribution in [0.25, 0.3) is 0 Å². The Bertz CT molecular complexity index is 923. The van der Waals surface area contributed by atoms with Crippen LogP contribution in [0.5, 0.6) is 0 Å². The van der Waals surface area contributed by atoms with Gasteiger partial charge in [0.15, 0.2) is 9.84 Å². The molecule has 1 atom stereocenters. The van der Waals surface area contributed by atoms with Crippen LogP contribution in [0.1, 0.15) is 34.1 Å². The molecule has 1 unspecified atom stereocenters. The van der Waals surface area contributed by atoms with E-state index < -0.39 is 9.84 Å². The second kappa shape index (κ2) is 6.09. The molecule has 1 aromatic carbocycles. The molecule has 0 bridgehead atoms. The van der Waals surface area contributed by atoms with Crippen molar-refractivity contribution in [2.75, 3.05) is 16.8 Å². The summed E-state index contributed by atoms with van der Waals surface area (Å²) >= 11 is 0.